The molecule has 5 heteroatoms. The molecule has 0 atom stereocenters. The van der Waals surface area contributed by atoms with Crippen molar-refractivity contribution in [2.24, 2.45) is 0 Å². The van der Waals surface area contributed by atoms with Crippen LogP contribution in [0.2, 0.25) is 0 Å². The molecule has 5 nitrogen and oxygen atoms in total. The quantitative estimate of drug-likeness (QED) is 0.645. The second-order valence-corrected chi connectivity index (χ2v) is 4.00. The molecule has 1 saturated carbocycles. The molecule has 1 fully saturated rings. The maximum absolute atomic E-state index is 11.2. The molecule has 1 aliphatic carbocycles. The van der Waals surface area contributed by atoms with Gasteiger partial charge in [-0.2, -0.15) is 0 Å². The fourth-order valence-electron chi connectivity index (χ4n) is 2.04. The first-order valence-corrected chi connectivity index (χ1v) is 5.55. The molecule has 16 heavy (non-hydrogen) atoms. The smallest absolute Gasteiger partial charge is 0.319 e. The molecule has 0 aromatic heterocycles. The molecule has 0 aliphatic heterocycles. The van der Waals surface area contributed by atoms with Gasteiger partial charge in [0.1, 0.15) is 0 Å². The lowest BCUT2D eigenvalue weighted by atomic mass is 10.2. The zero-order valence-corrected chi connectivity index (χ0v) is 9.90. The van der Waals surface area contributed by atoms with Crippen LogP contribution in [0.4, 0.5) is 0 Å². The van der Waals surface area contributed by atoms with Gasteiger partial charge in [-0.3, -0.25) is 14.5 Å². The van der Waals surface area contributed by atoms with Gasteiger partial charge in [-0.15, -0.1) is 0 Å². The zero-order valence-electron chi connectivity index (χ0n) is 9.90. The highest BCUT2D eigenvalue weighted by Crippen LogP contribution is 2.23. The van der Waals surface area contributed by atoms with E-state index in [4.69, 9.17) is 0 Å². The predicted molar refractivity (Wildman–Crippen MR) is 57.9 cm³/mol. The van der Waals surface area contributed by atoms with Crippen LogP contribution in [0, 0.1) is 0 Å². The number of hydrogen-bond acceptors (Lipinski definition) is 5. The van der Waals surface area contributed by atoms with Gasteiger partial charge >= 0.3 is 11.9 Å². The van der Waals surface area contributed by atoms with Gasteiger partial charge in [-0.05, 0) is 12.8 Å². The Hall–Kier alpha value is -1.10. The van der Waals surface area contributed by atoms with Crippen molar-refractivity contribution in [3.63, 3.8) is 0 Å². The average Bonchev–Trinajstić information content (AvgIpc) is 2.81. The number of carbonyl (C=O) groups excluding carboxylic acids is 2. The first kappa shape index (κ1) is 13.0. The summed E-state index contributed by atoms with van der Waals surface area (Å²) in [6.07, 6.45) is 4.38. The van der Waals surface area contributed by atoms with E-state index in [1.807, 2.05) is 4.90 Å². The molecule has 0 heterocycles. The van der Waals surface area contributed by atoms with Crippen LogP contribution in [-0.2, 0) is 19.1 Å². The summed E-state index contributed by atoms with van der Waals surface area (Å²) in [5.41, 5.74) is 0. The van der Waals surface area contributed by atoms with Crippen LogP contribution in [-0.4, -0.2) is 50.2 Å². The highest BCUT2D eigenvalue weighted by molar-refractivity contribution is 5.74. The Morgan fingerprint density at radius 3 is 1.88 bits per heavy atom. The lowest BCUT2D eigenvalue weighted by Gasteiger charge is -2.26. The number of hydrogen-bond donors (Lipinski definition) is 0. The maximum atomic E-state index is 11.2. The lowest BCUT2D eigenvalue weighted by molar-refractivity contribution is -0.146. The highest BCUT2D eigenvalue weighted by Gasteiger charge is 2.26. The van der Waals surface area contributed by atoms with Crippen molar-refractivity contribution in [1.82, 2.24) is 4.90 Å². The van der Waals surface area contributed by atoms with Crippen LogP contribution in [0.1, 0.15) is 25.7 Å². The summed E-state index contributed by atoms with van der Waals surface area (Å²) >= 11 is 0. The van der Waals surface area contributed by atoms with E-state index in [0.717, 1.165) is 25.7 Å². The Morgan fingerprint density at radius 1 is 1.06 bits per heavy atom. The van der Waals surface area contributed by atoms with Gasteiger partial charge in [0, 0.05) is 6.04 Å². The van der Waals surface area contributed by atoms with Gasteiger partial charge in [0.2, 0.25) is 0 Å². The predicted octanol–water partition coefficient (Wildman–Crippen LogP) is 0.577. The Kier molecular flexibility index (Phi) is 5.25. The summed E-state index contributed by atoms with van der Waals surface area (Å²) in [6.45, 7) is 0.326. The van der Waals surface area contributed by atoms with Crippen LogP contribution < -0.4 is 0 Å². The standard InChI is InChI=1S/C11H19NO4/c1-15-10(13)7-12(8-11(14)16-2)9-5-3-4-6-9/h9H,3-8H2,1-2H3. The fraction of sp³-hybridized carbons (Fsp3) is 0.818. The minimum atomic E-state index is -0.309. The third-order valence-electron chi connectivity index (χ3n) is 2.96. The molecule has 92 valence electrons. The molecule has 0 saturated heterocycles. The van der Waals surface area contributed by atoms with Crippen molar-refractivity contribution in [1.29, 1.82) is 0 Å². The SMILES string of the molecule is COC(=O)CN(CC(=O)OC)C1CCCC1. The molecular formula is C11H19NO4. The number of esters is 2. The Balaban J connectivity index is 2.53. The summed E-state index contributed by atoms with van der Waals surface area (Å²) in [5.74, 6) is -0.619. The topological polar surface area (TPSA) is 55.8 Å². The van der Waals surface area contributed by atoms with Gasteiger partial charge in [-0.25, -0.2) is 0 Å². The van der Waals surface area contributed by atoms with Crippen molar-refractivity contribution in [2.75, 3.05) is 27.3 Å². The monoisotopic (exact) mass is 229 g/mol. The number of rotatable bonds is 5. The summed E-state index contributed by atoms with van der Waals surface area (Å²) in [4.78, 5) is 24.3. The fourth-order valence-corrected chi connectivity index (χ4v) is 2.04. The van der Waals surface area contributed by atoms with Crippen LogP contribution in [0.25, 0.3) is 0 Å². The lowest BCUT2D eigenvalue weighted by Crippen LogP contribution is -2.41. The second-order valence-electron chi connectivity index (χ2n) is 4.00. The molecule has 0 aromatic carbocycles. The Labute approximate surface area is 95.7 Å². The molecule has 0 aromatic rings. The van der Waals surface area contributed by atoms with E-state index in [9.17, 15) is 9.59 Å². The molecule has 1 aliphatic rings. The van der Waals surface area contributed by atoms with E-state index in [0.29, 0.717) is 6.04 Å². The van der Waals surface area contributed by atoms with Gasteiger partial charge in [0.25, 0.3) is 0 Å². The maximum Gasteiger partial charge on any atom is 0.319 e. The van der Waals surface area contributed by atoms with E-state index >= 15 is 0 Å². The van der Waals surface area contributed by atoms with Crippen molar-refractivity contribution >= 4 is 11.9 Å². The number of methoxy groups -OCH3 is 2. The van der Waals surface area contributed by atoms with Gasteiger partial charge in [0.15, 0.2) is 0 Å². The number of ether oxygens (including phenoxy) is 2. The normalized spacial score (nSPS) is 16.4. The number of carbonyl (C=O) groups is 2. The summed E-state index contributed by atoms with van der Waals surface area (Å²) in [7, 11) is 2.71. The average molecular weight is 229 g/mol. The molecule has 1 rings (SSSR count). The van der Waals surface area contributed by atoms with Gasteiger partial charge in [-0.1, -0.05) is 12.8 Å². The third kappa shape index (κ3) is 3.81. The first-order valence-electron chi connectivity index (χ1n) is 5.55. The van der Waals surface area contributed by atoms with E-state index in [-0.39, 0.29) is 25.0 Å². The molecule has 0 radical (unpaired) electrons. The molecule has 0 spiro atoms. The van der Waals surface area contributed by atoms with Crippen LogP contribution in [0.3, 0.4) is 0 Å². The minimum Gasteiger partial charge on any atom is -0.468 e. The number of nitrogens with zero attached hydrogens (tertiary/aromatic N) is 1. The summed E-state index contributed by atoms with van der Waals surface area (Å²) in [6, 6.07) is 0.304. The second kappa shape index (κ2) is 6.48. The van der Waals surface area contributed by atoms with E-state index in [1.54, 1.807) is 0 Å². The van der Waals surface area contributed by atoms with Crippen LogP contribution in [0.5, 0.6) is 0 Å². The van der Waals surface area contributed by atoms with Crippen LogP contribution in [0.15, 0.2) is 0 Å². The van der Waals surface area contributed by atoms with E-state index < -0.39 is 0 Å². The van der Waals surface area contributed by atoms with E-state index in [2.05, 4.69) is 9.47 Å². The summed E-state index contributed by atoms with van der Waals surface area (Å²) in [5, 5.41) is 0. The third-order valence-corrected chi connectivity index (χ3v) is 2.96. The van der Waals surface area contributed by atoms with Gasteiger partial charge in [0.05, 0.1) is 27.3 Å². The molecule has 0 amide bonds. The first-order chi connectivity index (χ1) is 7.67. The van der Waals surface area contributed by atoms with Gasteiger partial charge < -0.3 is 9.47 Å². The minimum absolute atomic E-state index is 0.163. The van der Waals surface area contributed by atoms with Crippen molar-refractivity contribution in [3.8, 4) is 0 Å². The summed E-state index contributed by atoms with van der Waals surface area (Å²) < 4.78 is 9.25. The largest absolute Gasteiger partial charge is 0.468 e. The van der Waals surface area contributed by atoms with E-state index in [1.165, 1.54) is 14.2 Å². The Bertz CT molecular complexity index is 230. The molecule has 0 bridgehead atoms. The Morgan fingerprint density at radius 2 is 1.50 bits per heavy atom. The van der Waals surface area contributed by atoms with Crippen LogP contribution >= 0.6 is 0 Å². The highest BCUT2D eigenvalue weighted by atomic mass is 16.5. The van der Waals surface area contributed by atoms with Crippen molar-refractivity contribution in [2.45, 2.75) is 31.7 Å². The zero-order chi connectivity index (χ0) is 12.0. The molecule has 0 unspecified atom stereocenters. The van der Waals surface area contributed by atoms with Crippen molar-refractivity contribution < 1.29 is 19.1 Å². The molecular weight excluding hydrogens is 210 g/mol. The van der Waals surface area contributed by atoms with Crippen molar-refractivity contribution in [3.05, 3.63) is 0 Å². The molecule has 0 N–H and O–H groups in total.